The van der Waals surface area contributed by atoms with Crippen LogP contribution in [0, 0.1) is 0 Å². The fraction of sp³-hybridized carbons (Fsp3) is 0.545. The van der Waals surface area contributed by atoms with Crippen LogP contribution in [0.3, 0.4) is 0 Å². The number of ether oxygens (including phenoxy) is 1. The maximum atomic E-state index is 11.9. The lowest BCUT2D eigenvalue weighted by Gasteiger charge is -2.19. The van der Waals surface area contributed by atoms with E-state index in [1.54, 1.807) is 18.8 Å². The van der Waals surface area contributed by atoms with Crippen molar-refractivity contribution in [2.45, 2.75) is 25.5 Å². The maximum absolute atomic E-state index is 11.9. The van der Waals surface area contributed by atoms with Gasteiger partial charge in [0.2, 0.25) is 5.95 Å². The second kappa shape index (κ2) is 5.00. The molecule has 0 fully saturated rings. The summed E-state index contributed by atoms with van der Waals surface area (Å²) < 4.78 is 8.59. The molecule has 1 atom stereocenters. The van der Waals surface area contributed by atoms with Crippen molar-refractivity contribution >= 4 is 11.9 Å². The Bertz CT molecular complexity index is 633. The van der Waals surface area contributed by atoms with E-state index in [1.807, 2.05) is 0 Å². The SMILES string of the molecule is COC1CCCn2nc(NC(=O)c3cn(C)nn3)nc21. The van der Waals surface area contributed by atoms with Crippen LogP contribution in [-0.4, -0.2) is 42.8 Å². The van der Waals surface area contributed by atoms with E-state index >= 15 is 0 Å². The molecule has 9 heteroatoms. The van der Waals surface area contributed by atoms with Crippen molar-refractivity contribution in [3.05, 3.63) is 17.7 Å². The summed E-state index contributed by atoms with van der Waals surface area (Å²) >= 11 is 0. The molecule has 1 aliphatic rings. The number of amides is 1. The lowest BCUT2D eigenvalue weighted by atomic mass is 10.1. The molecule has 106 valence electrons. The van der Waals surface area contributed by atoms with Gasteiger partial charge < -0.3 is 4.74 Å². The van der Waals surface area contributed by atoms with Gasteiger partial charge in [-0.1, -0.05) is 5.21 Å². The van der Waals surface area contributed by atoms with Crippen molar-refractivity contribution in [1.82, 2.24) is 29.8 Å². The maximum Gasteiger partial charge on any atom is 0.280 e. The number of nitrogens with zero attached hydrogens (tertiary/aromatic N) is 6. The van der Waals surface area contributed by atoms with Gasteiger partial charge in [0, 0.05) is 20.7 Å². The van der Waals surface area contributed by atoms with Crippen LogP contribution in [0.25, 0.3) is 0 Å². The van der Waals surface area contributed by atoms with Crippen LogP contribution < -0.4 is 5.32 Å². The van der Waals surface area contributed by atoms with E-state index in [0.29, 0.717) is 0 Å². The number of fused-ring (bicyclic) bond motifs is 1. The minimum atomic E-state index is -0.380. The molecule has 1 N–H and O–H groups in total. The lowest BCUT2D eigenvalue weighted by molar-refractivity contribution is 0.0697. The highest BCUT2D eigenvalue weighted by atomic mass is 16.5. The zero-order valence-corrected chi connectivity index (χ0v) is 11.3. The van der Waals surface area contributed by atoms with Crippen molar-refractivity contribution in [1.29, 1.82) is 0 Å². The van der Waals surface area contributed by atoms with Gasteiger partial charge in [0.25, 0.3) is 5.91 Å². The molecule has 1 aliphatic heterocycles. The van der Waals surface area contributed by atoms with Crippen LogP contribution in [0.2, 0.25) is 0 Å². The molecule has 0 bridgehead atoms. The minimum absolute atomic E-state index is 0.0709. The number of nitrogens with one attached hydrogen (secondary N) is 1. The number of hydrogen-bond donors (Lipinski definition) is 1. The van der Waals surface area contributed by atoms with Crippen LogP contribution >= 0.6 is 0 Å². The molecule has 0 saturated heterocycles. The molecular weight excluding hydrogens is 262 g/mol. The molecule has 0 saturated carbocycles. The Labute approximate surface area is 114 Å². The second-order valence-electron chi connectivity index (χ2n) is 4.61. The van der Waals surface area contributed by atoms with Gasteiger partial charge in [-0.05, 0) is 12.8 Å². The Balaban J connectivity index is 1.78. The third-order valence-corrected chi connectivity index (χ3v) is 3.17. The summed E-state index contributed by atoms with van der Waals surface area (Å²) in [6.45, 7) is 0.781. The molecule has 3 rings (SSSR count). The zero-order valence-electron chi connectivity index (χ0n) is 11.3. The predicted molar refractivity (Wildman–Crippen MR) is 68.0 cm³/mol. The Morgan fingerprint density at radius 3 is 3.10 bits per heavy atom. The molecule has 2 aromatic heterocycles. The van der Waals surface area contributed by atoms with Gasteiger partial charge in [-0.3, -0.25) is 14.8 Å². The highest BCUT2D eigenvalue weighted by Gasteiger charge is 2.24. The Kier molecular flexibility index (Phi) is 3.18. The topological polar surface area (TPSA) is 99.8 Å². The van der Waals surface area contributed by atoms with Crippen LogP contribution in [-0.2, 0) is 18.3 Å². The van der Waals surface area contributed by atoms with E-state index in [1.165, 1.54) is 10.9 Å². The van der Waals surface area contributed by atoms with Gasteiger partial charge in [-0.25, -0.2) is 4.68 Å². The summed E-state index contributed by atoms with van der Waals surface area (Å²) in [5.41, 5.74) is 0.226. The predicted octanol–water partition coefficient (Wildman–Crippen LogP) is 0.140. The number of rotatable bonds is 3. The standard InChI is InChI=1S/C11H15N7O2/c1-17-6-7(14-16-17)10(19)13-11-12-9-8(20-2)4-3-5-18(9)15-11/h6,8H,3-5H2,1-2H3,(H,13,15,19). The van der Waals surface area contributed by atoms with Gasteiger partial charge in [0.05, 0.1) is 6.20 Å². The minimum Gasteiger partial charge on any atom is -0.373 e. The van der Waals surface area contributed by atoms with Gasteiger partial charge in [0.1, 0.15) is 6.10 Å². The van der Waals surface area contributed by atoms with Crippen molar-refractivity contribution in [2.75, 3.05) is 12.4 Å². The number of aryl methyl sites for hydroxylation is 2. The van der Waals surface area contributed by atoms with Crippen LogP contribution in [0.5, 0.6) is 0 Å². The van der Waals surface area contributed by atoms with Gasteiger partial charge in [-0.15, -0.1) is 10.2 Å². The zero-order chi connectivity index (χ0) is 14.1. The summed E-state index contributed by atoms with van der Waals surface area (Å²) in [7, 11) is 3.34. The highest BCUT2D eigenvalue weighted by Crippen LogP contribution is 2.26. The Morgan fingerprint density at radius 2 is 2.40 bits per heavy atom. The largest absolute Gasteiger partial charge is 0.373 e. The molecule has 1 unspecified atom stereocenters. The third kappa shape index (κ3) is 2.27. The van der Waals surface area contributed by atoms with Crippen molar-refractivity contribution in [2.24, 2.45) is 7.05 Å². The highest BCUT2D eigenvalue weighted by molar-refractivity contribution is 6.01. The van der Waals surface area contributed by atoms with Crippen LogP contribution in [0.4, 0.5) is 5.95 Å². The first-order valence-corrected chi connectivity index (χ1v) is 6.32. The number of aromatic nitrogens is 6. The second-order valence-corrected chi connectivity index (χ2v) is 4.61. The molecule has 2 aromatic rings. The summed E-state index contributed by atoms with van der Waals surface area (Å²) in [6.07, 6.45) is 3.35. The van der Waals surface area contributed by atoms with Crippen LogP contribution in [0.1, 0.15) is 35.3 Å². The van der Waals surface area contributed by atoms with E-state index in [0.717, 1.165) is 25.2 Å². The van der Waals surface area contributed by atoms with Gasteiger partial charge in [-0.2, -0.15) is 4.98 Å². The summed E-state index contributed by atoms with van der Waals surface area (Å²) in [5.74, 6) is 0.628. The fourth-order valence-electron chi connectivity index (χ4n) is 2.21. The van der Waals surface area contributed by atoms with Crippen LogP contribution in [0.15, 0.2) is 6.20 Å². The average molecular weight is 277 g/mol. The quantitative estimate of drug-likeness (QED) is 0.856. The van der Waals surface area contributed by atoms with Crippen molar-refractivity contribution in [3.63, 3.8) is 0 Å². The first kappa shape index (κ1) is 12.7. The van der Waals surface area contributed by atoms with Gasteiger partial charge >= 0.3 is 0 Å². The van der Waals surface area contributed by atoms with E-state index in [9.17, 15) is 4.79 Å². The van der Waals surface area contributed by atoms with E-state index < -0.39 is 0 Å². The molecule has 0 aliphatic carbocycles. The van der Waals surface area contributed by atoms with E-state index in [-0.39, 0.29) is 23.7 Å². The molecule has 1 amide bonds. The molecule has 0 aromatic carbocycles. The average Bonchev–Trinajstić information content (AvgIpc) is 3.03. The van der Waals surface area contributed by atoms with Gasteiger partial charge in [0.15, 0.2) is 11.5 Å². The van der Waals surface area contributed by atoms with Crippen molar-refractivity contribution in [3.8, 4) is 0 Å². The number of methoxy groups -OCH3 is 1. The third-order valence-electron chi connectivity index (χ3n) is 3.17. The van der Waals surface area contributed by atoms with E-state index in [2.05, 4.69) is 25.7 Å². The molecule has 9 nitrogen and oxygen atoms in total. The number of carbonyl (C=O) groups excluding carboxylic acids is 1. The first-order chi connectivity index (χ1) is 9.67. The number of hydrogen-bond acceptors (Lipinski definition) is 6. The molecule has 20 heavy (non-hydrogen) atoms. The summed E-state index contributed by atoms with van der Waals surface area (Å²) in [6, 6.07) is 0. The summed E-state index contributed by atoms with van der Waals surface area (Å²) in [5, 5.41) is 14.3. The summed E-state index contributed by atoms with van der Waals surface area (Å²) in [4.78, 5) is 16.3. The Hall–Kier alpha value is -2.29. The Morgan fingerprint density at radius 1 is 1.55 bits per heavy atom. The molecular formula is C11H15N7O2. The molecule has 0 radical (unpaired) electrons. The lowest BCUT2D eigenvalue weighted by Crippen LogP contribution is -2.18. The van der Waals surface area contributed by atoms with Crippen molar-refractivity contribution < 1.29 is 9.53 Å². The van der Waals surface area contributed by atoms with E-state index in [4.69, 9.17) is 4.74 Å². The number of carbonyl (C=O) groups is 1. The first-order valence-electron chi connectivity index (χ1n) is 6.32. The molecule has 0 spiro atoms. The monoisotopic (exact) mass is 277 g/mol. The fourth-order valence-corrected chi connectivity index (χ4v) is 2.21. The normalized spacial score (nSPS) is 17.8. The molecule has 3 heterocycles. The smallest absolute Gasteiger partial charge is 0.280 e. The number of anilines is 1.